The molecule has 2 aromatic rings. The van der Waals surface area contributed by atoms with Crippen molar-refractivity contribution in [1.82, 2.24) is 35.3 Å². The number of nitrogens with zero attached hydrogens (tertiary/aromatic N) is 6. The van der Waals surface area contributed by atoms with Crippen molar-refractivity contribution in [3.05, 3.63) is 47.2 Å². The number of carbonyl (C=O) groups excluding carboxylic acids is 2. The van der Waals surface area contributed by atoms with E-state index in [1.54, 1.807) is 0 Å². The third kappa shape index (κ3) is 4.17. The van der Waals surface area contributed by atoms with Gasteiger partial charge in [-0.1, -0.05) is 42.1 Å². The van der Waals surface area contributed by atoms with Crippen LogP contribution in [-0.4, -0.2) is 95.0 Å². The predicted octanol–water partition coefficient (Wildman–Crippen LogP) is 0.0557. The zero-order valence-electron chi connectivity index (χ0n) is 19.0. The van der Waals surface area contributed by atoms with E-state index in [9.17, 15) is 29.4 Å². The monoisotopic (exact) mass is 513 g/mol. The van der Waals surface area contributed by atoms with Crippen LogP contribution in [0.5, 0.6) is 0 Å². The van der Waals surface area contributed by atoms with Gasteiger partial charge in [0.1, 0.15) is 18.3 Å². The second-order valence-electron chi connectivity index (χ2n) is 8.69. The fourth-order valence-electron chi connectivity index (χ4n) is 5.12. The molecular formula is C22H23N7O6S. The van der Waals surface area contributed by atoms with Crippen molar-refractivity contribution in [3.8, 4) is 0 Å². The summed E-state index contributed by atoms with van der Waals surface area (Å²) in [5.41, 5.74) is 1.57. The number of carboxylic acids is 1. The maximum atomic E-state index is 12.6. The van der Waals surface area contributed by atoms with Crippen LogP contribution in [0.2, 0.25) is 0 Å². The molecule has 5 rings (SSSR count). The van der Waals surface area contributed by atoms with Gasteiger partial charge in [-0.25, -0.2) is 14.3 Å². The first-order valence-electron chi connectivity index (χ1n) is 11.4. The molecule has 1 aromatic carbocycles. The molecule has 0 radical (unpaired) electrons. The summed E-state index contributed by atoms with van der Waals surface area (Å²) < 4.78 is 1.34. The van der Waals surface area contributed by atoms with Crippen molar-refractivity contribution in [2.45, 2.75) is 36.6 Å². The second kappa shape index (κ2) is 9.60. The number of hydrogen-bond donors (Lipinski definition) is 3. The van der Waals surface area contributed by atoms with Gasteiger partial charge in [0.05, 0.1) is 6.04 Å². The zero-order chi connectivity index (χ0) is 25.4. The topological polar surface area (TPSA) is 171 Å². The van der Waals surface area contributed by atoms with Crippen LogP contribution >= 0.6 is 11.8 Å². The van der Waals surface area contributed by atoms with Gasteiger partial charge in [-0.05, 0) is 34.4 Å². The normalized spacial score (nSPS) is 22.3. The van der Waals surface area contributed by atoms with Gasteiger partial charge in [0.2, 0.25) is 11.1 Å². The molecule has 3 atom stereocenters. The molecule has 0 spiro atoms. The molecule has 2 fully saturated rings. The highest BCUT2D eigenvalue weighted by molar-refractivity contribution is 7.99. The molecule has 3 amide bonds. The van der Waals surface area contributed by atoms with Crippen LogP contribution in [-0.2, 0) is 27.3 Å². The lowest BCUT2D eigenvalue weighted by Crippen LogP contribution is -2.73. The molecule has 3 N–H and O–H groups in total. The van der Waals surface area contributed by atoms with Crippen LogP contribution < -0.4 is 5.32 Å². The lowest BCUT2D eigenvalue weighted by Gasteiger charge is -2.52. The van der Waals surface area contributed by atoms with Crippen LogP contribution in [0.3, 0.4) is 0 Å². The van der Waals surface area contributed by atoms with Crippen molar-refractivity contribution < 1.29 is 29.4 Å². The SMILES string of the molecule is O=C(Cn1nnnc1SCC1=C(C(=O)O)N2C(=O)[C@@H]3[C@H]2C1CCN3C(=O)O)NCCc1ccccc1. The Morgan fingerprint density at radius 3 is 2.67 bits per heavy atom. The van der Waals surface area contributed by atoms with Gasteiger partial charge in [0.25, 0.3) is 5.91 Å². The summed E-state index contributed by atoms with van der Waals surface area (Å²) in [5.74, 6) is -2.06. The molecule has 188 valence electrons. The molecule has 1 aromatic heterocycles. The summed E-state index contributed by atoms with van der Waals surface area (Å²) in [6.45, 7) is 0.522. The number of piperidine rings is 1. The molecule has 0 aliphatic carbocycles. The molecule has 3 aliphatic heterocycles. The summed E-state index contributed by atoms with van der Waals surface area (Å²) in [5, 5.41) is 33.9. The molecule has 1 unspecified atom stereocenters. The molecule has 36 heavy (non-hydrogen) atoms. The summed E-state index contributed by atoms with van der Waals surface area (Å²) in [6, 6.07) is 8.40. The molecule has 0 saturated carbocycles. The van der Waals surface area contributed by atoms with Gasteiger partial charge in [0, 0.05) is 24.8 Å². The number of likely N-dealkylation sites (tertiary alicyclic amines) is 1. The third-order valence-electron chi connectivity index (χ3n) is 6.71. The number of rotatable bonds is 9. The smallest absolute Gasteiger partial charge is 0.408 e. The highest BCUT2D eigenvalue weighted by atomic mass is 32.2. The number of β-lactam (4-membered cyclic amide) rings is 1. The summed E-state index contributed by atoms with van der Waals surface area (Å²) >= 11 is 1.18. The maximum Gasteiger partial charge on any atom is 0.408 e. The highest BCUT2D eigenvalue weighted by Crippen LogP contribution is 2.49. The number of aliphatic carboxylic acids is 1. The van der Waals surface area contributed by atoms with Crippen LogP contribution in [0.25, 0.3) is 0 Å². The van der Waals surface area contributed by atoms with E-state index >= 15 is 0 Å². The fraction of sp³-hybridized carbons (Fsp3) is 0.409. The number of benzene rings is 1. The minimum atomic E-state index is -1.23. The standard InChI is InChI=1S/C22H23N7O6S/c30-15(23-8-6-12-4-2-1-3-5-12)10-28-21(24-25-26-28)36-11-14-13-7-9-27(22(34)35)18-16(13)29(19(18)31)17(14)20(32)33/h1-5,13,16,18H,6-11H2,(H,23,30)(H,32,33)(H,34,35)/t13?,16-,18+/m1/s1. The Hall–Kier alpha value is -3.94. The first-order chi connectivity index (χ1) is 17.4. The molecule has 14 heteroatoms. The fourth-order valence-corrected chi connectivity index (χ4v) is 6.10. The van der Waals surface area contributed by atoms with E-state index in [1.165, 1.54) is 21.3 Å². The van der Waals surface area contributed by atoms with Crippen LogP contribution in [0, 0.1) is 5.92 Å². The number of amides is 3. The number of hydrogen-bond acceptors (Lipinski definition) is 8. The molecule has 3 aliphatic rings. The van der Waals surface area contributed by atoms with Crippen molar-refractivity contribution in [2.75, 3.05) is 18.8 Å². The number of aromatic nitrogens is 4. The highest BCUT2D eigenvalue weighted by Gasteiger charge is 2.64. The van der Waals surface area contributed by atoms with E-state index in [0.717, 1.165) is 10.5 Å². The second-order valence-corrected chi connectivity index (χ2v) is 9.63. The lowest BCUT2D eigenvalue weighted by atomic mass is 9.78. The van der Waals surface area contributed by atoms with Crippen molar-refractivity contribution in [1.29, 1.82) is 0 Å². The van der Waals surface area contributed by atoms with Gasteiger partial charge < -0.3 is 15.5 Å². The Kier molecular flexibility index (Phi) is 6.35. The average molecular weight is 514 g/mol. The number of tetrazole rings is 1. The average Bonchev–Trinajstić information content (AvgIpc) is 3.43. The Morgan fingerprint density at radius 2 is 1.94 bits per heavy atom. The minimum absolute atomic E-state index is 0.0938. The van der Waals surface area contributed by atoms with Gasteiger partial charge in [-0.3, -0.25) is 19.4 Å². The van der Waals surface area contributed by atoms with Crippen LogP contribution in [0.15, 0.2) is 46.8 Å². The summed E-state index contributed by atoms with van der Waals surface area (Å²) in [4.78, 5) is 50.9. The molecule has 13 nitrogen and oxygen atoms in total. The van der Waals surface area contributed by atoms with Gasteiger partial charge in [-0.2, -0.15) is 0 Å². The molecule has 0 bridgehead atoms. The van der Waals surface area contributed by atoms with E-state index in [2.05, 4.69) is 20.8 Å². The first kappa shape index (κ1) is 23.8. The molecule has 2 saturated heterocycles. The molecular weight excluding hydrogens is 490 g/mol. The Bertz CT molecular complexity index is 1250. The minimum Gasteiger partial charge on any atom is -0.477 e. The van der Waals surface area contributed by atoms with Crippen molar-refractivity contribution in [2.24, 2.45) is 5.92 Å². The van der Waals surface area contributed by atoms with E-state index in [-0.39, 0.29) is 36.4 Å². The van der Waals surface area contributed by atoms with Crippen molar-refractivity contribution >= 4 is 35.6 Å². The number of carboxylic acid groups (broad SMARTS) is 2. The Labute approximate surface area is 209 Å². The third-order valence-corrected chi connectivity index (χ3v) is 7.72. The number of thioether (sulfide) groups is 1. The first-order valence-corrected chi connectivity index (χ1v) is 12.3. The summed E-state index contributed by atoms with van der Waals surface area (Å²) in [7, 11) is 0. The van der Waals surface area contributed by atoms with E-state index in [0.29, 0.717) is 30.1 Å². The molecule has 4 heterocycles. The van der Waals surface area contributed by atoms with Crippen LogP contribution in [0.1, 0.15) is 12.0 Å². The zero-order valence-corrected chi connectivity index (χ0v) is 19.8. The van der Waals surface area contributed by atoms with E-state index < -0.39 is 30.1 Å². The summed E-state index contributed by atoms with van der Waals surface area (Å²) in [6.07, 6.45) is -0.0838. The van der Waals surface area contributed by atoms with Crippen molar-refractivity contribution in [3.63, 3.8) is 0 Å². The van der Waals surface area contributed by atoms with Gasteiger partial charge in [-0.15, -0.1) is 5.10 Å². The quantitative estimate of drug-likeness (QED) is 0.307. The van der Waals surface area contributed by atoms with Crippen LogP contribution in [0.4, 0.5) is 4.79 Å². The Morgan fingerprint density at radius 1 is 1.17 bits per heavy atom. The van der Waals surface area contributed by atoms with Gasteiger partial charge >= 0.3 is 12.1 Å². The van der Waals surface area contributed by atoms with Gasteiger partial charge in [0.15, 0.2) is 0 Å². The Balaban J connectivity index is 1.23. The predicted molar refractivity (Wildman–Crippen MR) is 124 cm³/mol. The lowest BCUT2D eigenvalue weighted by molar-refractivity contribution is -0.161. The van der Waals surface area contributed by atoms with E-state index in [4.69, 9.17) is 0 Å². The number of carbonyl (C=O) groups is 4. The van der Waals surface area contributed by atoms with E-state index in [1.807, 2.05) is 30.3 Å². The maximum absolute atomic E-state index is 12.6. The number of nitrogens with one attached hydrogen (secondary N) is 1. The largest absolute Gasteiger partial charge is 0.477 e.